The van der Waals surface area contributed by atoms with Crippen LogP contribution in [0.5, 0.6) is 0 Å². The Kier molecular flexibility index (Phi) is 4.71. The summed E-state index contributed by atoms with van der Waals surface area (Å²) >= 11 is 0. The number of carbonyl (C=O) groups is 3. The Bertz CT molecular complexity index is 856. The lowest BCUT2D eigenvalue weighted by Crippen LogP contribution is -2.44. The molecule has 1 atom stereocenters. The van der Waals surface area contributed by atoms with Gasteiger partial charge in [0.05, 0.1) is 0 Å². The van der Waals surface area contributed by atoms with Crippen LogP contribution >= 0.6 is 0 Å². The number of nitrogens with zero attached hydrogens (tertiary/aromatic N) is 1. The molecule has 1 aliphatic rings. The first-order chi connectivity index (χ1) is 12.5. The van der Waals surface area contributed by atoms with E-state index < -0.39 is 35.7 Å². The number of halogens is 1. The number of hydrogen-bond donors (Lipinski definition) is 2. The van der Waals surface area contributed by atoms with Crippen LogP contribution in [-0.2, 0) is 15.1 Å². The summed E-state index contributed by atoms with van der Waals surface area (Å²) in [6.07, 6.45) is 0.351. The van der Waals surface area contributed by atoms with Gasteiger partial charge in [-0.05, 0) is 30.2 Å². The van der Waals surface area contributed by atoms with E-state index in [0.717, 1.165) is 11.0 Å². The molecule has 0 unspecified atom stereocenters. The van der Waals surface area contributed by atoms with Crippen LogP contribution in [0.4, 0.5) is 14.9 Å². The Labute approximate surface area is 150 Å². The second kappa shape index (κ2) is 6.95. The zero-order valence-corrected chi connectivity index (χ0v) is 14.2. The Hall–Kier alpha value is -3.22. The normalized spacial score (nSPS) is 19.4. The predicted octanol–water partition coefficient (Wildman–Crippen LogP) is 2.62. The maximum absolute atomic E-state index is 13.2. The molecule has 0 spiro atoms. The molecule has 1 aliphatic heterocycles. The molecule has 0 bridgehead atoms. The first-order valence-corrected chi connectivity index (χ1v) is 8.21. The maximum Gasteiger partial charge on any atom is 0.325 e. The van der Waals surface area contributed by atoms with E-state index in [2.05, 4.69) is 10.6 Å². The second-order valence-corrected chi connectivity index (χ2v) is 6.00. The highest BCUT2D eigenvalue weighted by Gasteiger charge is 2.51. The Balaban J connectivity index is 1.77. The van der Waals surface area contributed by atoms with Crippen LogP contribution in [0.25, 0.3) is 0 Å². The van der Waals surface area contributed by atoms with E-state index >= 15 is 0 Å². The zero-order chi connectivity index (χ0) is 18.7. The Morgan fingerprint density at radius 3 is 2.54 bits per heavy atom. The highest BCUT2D eigenvalue weighted by molar-refractivity contribution is 6.10. The van der Waals surface area contributed by atoms with Crippen LogP contribution in [0.15, 0.2) is 54.6 Å². The van der Waals surface area contributed by atoms with Gasteiger partial charge in [0.1, 0.15) is 17.9 Å². The van der Waals surface area contributed by atoms with E-state index in [4.69, 9.17) is 0 Å². The molecule has 2 N–H and O–H groups in total. The van der Waals surface area contributed by atoms with Crippen molar-refractivity contribution in [2.45, 2.75) is 18.9 Å². The molecule has 1 fully saturated rings. The monoisotopic (exact) mass is 355 g/mol. The number of amides is 4. The minimum Gasteiger partial charge on any atom is -0.324 e. The van der Waals surface area contributed by atoms with Gasteiger partial charge in [0.15, 0.2) is 0 Å². The third-order valence-corrected chi connectivity index (χ3v) is 4.38. The largest absolute Gasteiger partial charge is 0.325 e. The molecule has 26 heavy (non-hydrogen) atoms. The zero-order valence-electron chi connectivity index (χ0n) is 14.2. The Morgan fingerprint density at radius 2 is 1.88 bits per heavy atom. The topological polar surface area (TPSA) is 78.5 Å². The predicted molar refractivity (Wildman–Crippen MR) is 93.7 cm³/mol. The molecule has 1 heterocycles. The number of hydrogen-bond acceptors (Lipinski definition) is 3. The van der Waals surface area contributed by atoms with E-state index in [0.29, 0.717) is 12.0 Å². The molecule has 0 aliphatic carbocycles. The summed E-state index contributed by atoms with van der Waals surface area (Å²) in [5, 5.41) is 5.19. The molecule has 2 aromatic rings. The third kappa shape index (κ3) is 3.15. The molecule has 0 saturated carbocycles. The number of nitrogens with one attached hydrogen (secondary N) is 2. The number of anilines is 1. The summed E-state index contributed by atoms with van der Waals surface area (Å²) < 4.78 is 13.2. The van der Waals surface area contributed by atoms with Crippen molar-refractivity contribution in [1.82, 2.24) is 10.2 Å². The second-order valence-electron chi connectivity index (χ2n) is 6.00. The number of carbonyl (C=O) groups excluding carboxylic acids is 3. The van der Waals surface area contributed by atoms with E-state index in [1.165, 1.54) is 18.2 Å². The van der Waals surface area contributed by atoms with Gasteiger partial charge in [-0.15, -0.1) is 0 Å². The quantitative estimate of drug-likeness (QED) is 0.810. The lowest BCUT2D eigenvalue weighted by atomic mass is 9.87. The number of imide groups is 1. The van der Waals surface area contributed by atoms with Gasteiger partial charge < -0.3 is 10.6 Å². The third-order valence-electron chi connectivity index (χ3n) is 4.38. The fraction of sp³-hybridized carbons (Fsp3) is 0.211. The molecule has 1 saturated heterocycles. The summed E-state index contributed by atoms with van der Waals surface area (Å²) in [5.41, 5.74) is -0.266. The van der Waals surface area contributed by atoms with Gasteiger partial charge in [-0.25, -0.2) is 9.18 Å². The van der Waals surface area contributed by atoms with Crippen molar-refractivity contribution in [2.24, 2.45) is 0 Å². The van der Waals surface area contributed by atoms with Gasteiger partial charge in [-0.3, -0.25) is 14.5 Å². The molecule has 0 aromatic heterocycles. The average Bonchev–Trinajstić information content (AvgIpc) is 2.87. The van der Waals surface area contributed by atoms with Gasteiger partial charge in [-0.1, -0.05) is 43.3 Å². The first kappa shape index (κ1) is 17.6. The molecule has 134 valence electrons. The Morgan fingerprint density at radius 1 is 1.15 bits per heavy atom. The van der Waals surface area contributed by atoms with Crippen LogP contribution in [-0.4, -0.2) is 29.3 Å². The van der Waals surface area contributed by atoms with E-state index in [-0.39, 0.29) is 5.69 Å². The molecular weight excluding hydrogens is 337 g/mol. The lowest BCUT2D eigenvalue weighted by molar-refractivity contribution is -0.134. The highest BCUT2D eigenvalue weighted by Crippen LogP contribution is 2.32. The summed E-state index contributed by atoms with van der Waals surface area (Å²) in [6, 6.07) is 13.7. The van der Waals surface area contributed by atoms with Crippen LogP contribution in [0.1, 0.15) is 18.9 Å². The van der Waals surface area contributed by atoms with E-state index in [1.807, 2.05) is 6.07 Å². The molecule has 2 aromatic carbocycles. The van der Waals surface area contributed by atoms with Gasteiger partial charge >= 0.3 is 6.03 Å². The molecule has 7 heteroatoms. The summed E-state index contributed by atoms with van der Waals surface area (Å²) in [6.45, 7) is 1.34. The molecule has 0 radical (unpaired) electrons. The minimum absolute atomic E-state index is 0.256. The van der Waals surface area contributed by atoms with Crippen molar-refractivity contribution < 1.29 is 18.8 Å². The van der Waals surface area contributed by atoms with E-state index in [1.54, 1.807) is 31.2 Å². The number of rotatable bonds is 5. The van der Waals surface area contributed by atoms with Crippen LogP contribution in [0, 0.1) is 5.82 Å². The fourth-order valence-corrected chi connectivity index (χ4v) is 3.04. The average molecular weight is 355 g/mol. The van der Waals surface area contributed by atoms with Crippen LogP contribution in [0.3, 0.4) is 0 Å². The van der Waals surface area contributed by atoms with Gasteiger partial charge in [0, 0.05) is 5.69 Å². The van der Waals surface area contributed by atoms with Crippen molar-refractivity contribution in [3.8, 4) is 0 Å². The van der Waals surface area contributed by atoms with Gasteiger partial charge in [-0.2, -0.15) is 0 Å². The summed E-state index contributed by atoms with van der Waals surface area (Å²) in [4.78, 5) is 38.3. The number of urea groups is 1. The summed E-state index contributed by atoms with van der Waals surface area (Å²) in [7, 11) is 0. The number of benzene rings is 2. The maximum atomic E-state index is 13.2. The van der Waals surface area contributed by atoms with Crippen molar-refractivity contribution in [3.63, 3.8) is 0 Å². The molecular formula is C19H18FN3O3. The van der Waals surface area contributed by atoms with Gasteiger partial charge in [0.2, 0.25) is 5.91 Å². The first-order valence-electron chi connectivity index (χ1n) is 8.21. The van der Waals surface area contributed by atoms with Crippen LogP contribution < -0.4 is 10.6 Å². The summed E-state index contributed by atoms with van der Waals surface area (Å²) in [5.74, 6) is -1.56. The van der Waals surface area contributed by atoms with Crippen molar-refractivity contribution in [2.75, 3.05) is 11.9 Å². The van der Waals surface area contributed by atoms with E-state index in [9.17, 15) is 18.8 Å². The molecule has 6 nitrogen and oxygen atoms in total. The van der Waals surface area contributed by atoms with Gasteiger partial charge in [0.25, 0.3) is 5.91 Å². The highest BCUT2D eigenvalue weighted by atomic mass is 19.1. The van der Waals surface area contributed by atoms with Crippen molar-refractivity contribution in [3.05, 3.63) is 66.0 Å². The smallest absolute Gasteiger partial charge is 0.324 e. The van der Waals surface area contributed by atoms with Crippen molar-refractivity contribution in [1.29, 1.82) is 0 Å². The SMILES string of the molecule is CC[C@@]1(c2ccccc2)NC(=O)N(CC(=O)Nc2cccc(F)c2)C1=O. The standard InChI is InChI=1S/C19H18FN3O3/c1-2-19(13-7-4-3-5-8-13)17(25)23(18(26)22-19)12-16(24)21-15-10-6-9-14(20)11-15/h3-11H,2,12H2,1H3,(H,21,24)(H,22,26)/t19-/m0/s1. The lowest BCUT2D eigenvalue weighted by Gasteiger charge is -2.25. The van der Waals surface area contributed by atoms with Crippen molar-refractivity contribution >= 4 is 23.5 Å². The molecule has 3 rings (SSSR count). The van der Waals surface area contributed by atoms with Crippen LogP contribution in [0.2, 0.25) is 0 Å². The molecule has 4 amide bonds. The fourth-order valence-electron chi connectivity index (χ4n) is 3.04. The minimum atomic E-state index is -1.18.